The van der Waals surface area contributed by atoms with Crippen molar-refractivity contribution >= 4 is 45.9 Å². The molecule has 6 rings (SSSR count). The lowest BCUT2D eigenvalue weighted by molar-refractivity contribution is -0.144. The lowest BCUT2D eigenvalue weighted by Crippen LogP contribution is -2.57. The van der Waals surface area contributed by atoms with Crippen LogP contribution in [0.3, 0.4) is 0 Å². The molecule has 0 aliphatic carbocycles. The minimum atomic E-state index is -0.864. The van der Waals surface area contributed by atoms with Crippen molar-refractivity contribution in [1.29, 1.82) is 0 Å². The number of rotatable bonds is 20. The van der Waals surface area contributed by atoms with E-state index in [4.69, 9.17) is 9.47 Å². The Morgan fingerprint density at radius 2 is 1.62 bits per heavy atom. The van der Waals surface area contributed by atoms with Gasteiger partial charge in [-0.1, -0.05) is 101 Å². The fourth-order valence-electron chi connectivity index (χ4n) is 8.52. The first-order valence-electron chi connectivity index (χ1n) is 22.7. The number of nitrogens with zero attached hydrogens (tertiary/aromatic N) is 3. The van der Waals surface area contributed by atoms with Gasteiger partial charge in [0.05, 0.1) is 47.0 Å². The van der Waals surface area contributed by atoms with Crippen molar-refractivity contribution in [2.24, 2.45) is 5.41 Å². The number of amides is 3. The van der Waals surface area contributed by atoms with Crippen molar-refractivity contribution in [2.45, 2.75) is 131 Å². The van der Waals surface area contributed by atoms with Gasteiger partial charge >= 0.3 is 5.97 Å². The third kappa shape index (κ3) is 12.0. The number of unbranched alkanes of at least 4 members (excludes halogenated alkanes) is 5. The van der Waals surface area contributed by atoms with E-state index in [-0.39, 0.29) is 49.1 Å². The number of aromatic nitrogens is 2. The summed E-state index contributed by atoms with van der Waals surface area (Å²) in [6.45, 7) is 14.8. The van der Waals surface area contributed by atoms with Crippen LogP contribution in [0.5, 0.6) is 5.75 Å². The lowest BCUT2D eigenvalue weighted by Gasteiger charge is -2.35. The molecule has 0 spiro atoms. The minimum absolute atomic E-state index is 0.0242. The van der Waals surface area contributed by atoms with E-state index in [1.807, 2.05) is 115 Å². The van der Waals surface area contributed by atoms with Crippen LogP contribution in [0.4, 0.5) is 0 Å². The number of benzene rings is 3. The van der Waals surface area contributed by atoms with Crippen LogP contribution in [0.2, 0.25) is 0 Å². The molecule has 1 saturated heterocycles. The van der Waals surface area contributed by atoms with E-state index in [9.17, 15) is 24.3 Å². The number of thiazole rings is 1. The largest absolute Gasteiger partial charge is 0.494 e. The molecule has 0 unspecified atom stereocenters. The predicted molar refractivity (Wildman–Crippen MR) is 252 cm³/mol. The number of likely N-dealkylation sites (tertiary alicyclic amines) is 1. The number of aliphatic hydroxyl groups is 1. The van der Waals surface area contributed by atoms with Crippen LogP contribution in [0.15, 0.2) is 78.3 Å². The van der Waals surface area contributed by atoms with Crippen LogP contribution >= 0.6 is 11.3 Å². The van der Waals surface area contributed by atoms with Gasteiger partial charge in [0.15, 0.2) is 0 Å². The van der Waals surface area contributed by atoms with E-state index < -0.39 is 23.6 Å². The van der Waals surface area contributed by atoms with Crippen LogP contribution in [0.1, 0.15) is 125 Å². The zero-order chi connectivity index (χ0) is 46.0. The molecule has 1 aliphatic rings. The Morgan fingerprint density at radius 1 is 0.922 bits per heavy atom. The first-order chi connectivity index (χ1) is 30.7. The molecule has 4 atom stereocenters. The highest BCUT2D eigenvalue weighted by Gasteiger charge is 2.44. The molecule has 13 heteroatoms. The van der Waals surface area contributed by atoms with Crippen molar-refractivity contribution in [1.82, 2.24) is 25.1 Å². The number of β-amino-alcohol motifs (C(OH)–C–C–N with tert-alkyl or cyclic N) is 1. The highest BCUT2D eigenvalue weighted by molar-refractivity contribution is 7.13. The summed E-state index contributed by atoms with van der Waals surface area (Å²) in [6.07, 6.45) is 4.95. The van der Waals surface area contributed by atoms with E-state index in [2.05, 4.69) is 32.3 Å². The predicted octanol–water partition coefficient (Wildman–Crippen LogP) is 9.09. The standard InChI is InChI=1S/C51H65N5O7S/c1-8-62-50(61)45-35(4)55(30-36-18-14-13-15-19-36)42-26-25-40(29-41(42)45)63-27-17-12-10-9-11-16-20-44(58)54-47(51(5,6)7)49(60)56-31-39(57)28-43(56)48(59)53-33(2)37-21-23-38(24-22-37)46-34(3)52-32-64-46/h13-15,18-19,21-26,29,32-33,39,43,47,57H,8-12,16-17,20,27-28,30-31H2,1-7H3,(H,53,59)(H,54,58)/t33-,39+,43-,47+/m0/s1. The van der Waals surface area contributed by atoms with E-state index >= 15 is 0 Å². The number of ether oxygens (including phenoxy) is 2. The first kappa shape index (κ1) is 47.9. The normalized spacial score (nSPS) is 16.1. The maximum absolute atomic E-state index is 14.1. The third-order valence-corrected chi connectivity index (χ3v) is 13.1. The second kappa shape index (κ2) is 21.9. The second-order valence-corrected chi connectivity index (χ2v) is 18.9. The van der Waals surface area contributed by atoms with Gasteiger partial charge in [0.2, 0.25) is 17.7 Å². The molecule has 3 aromatic carbocycles. The van der Waals surface area contributed by atoms with Gasteiger partial charge in [0, 0.05) is 42.5 Å². The summed E-state index contributed by atoms with van der Waals surface area (Å²) in [4.78, 5) is 60.9. The quantitative estimate of drug-likeness (QED) is 0.0517. The topological polar surface area (TPSA) is 152 Å². The molecule has 342 valence electrons. The number of nitrogens with one attached hydrogen (secondary N) is 2. The molecular weight excluding hydrogens is 827 g/mol. The summed E-state index contributed by atoms with van der Waals surface area (Å²) in [5.41, 5.74) is 7.68. The van der Waals surface area contributed by atoms with E-state index in [0.29, 0.717) is 37.5 Å². The molecule has 0 bridgehead atoms. The molecule has 1 aliphatic heterocycles. The van der Waals surface area contributed by atoms with Crippen LogP contribution in [0.25, 0.3) is 21.3 Å². The van der Waals surface area contributed by atoms with Gasteiger partial charge in [-0.3, -0.25) is 14.4 Å². The van der Waals surface area contributed by atoms with Gasteiger partial charge < -0.3 is 34.7 Å². The van der Waals surface area contributed by atoms with Crippen molar-refractivity contribution in [3.8, 4) is 16.2 Å². The SMILES string of the molecule is CCOC(=O)c1c(C)n(Cc2ccccc2)c2ccc(OCCCCCCCCC(=O)N[C@H](C(=O)N3C[C@H](O)C[C@H]3C(=O)N[C@@H](C)c3ccc(-c4scnc4C)cc3)C(C)(C)C)cc12. The smallest absolute Gasteiger partial charge is 0.340 e. The van der Waals surface area contributed by atoms with E-state index in [0.717, 1.165) is 76.0 Å². The number of hydrogen-bond acceptors (Lipinski definition) is 9. The molecule has 3 N–H and O–H groups in total. The van der Waals surface area contributed by atoms with Gasteiger partial charge in [0.25, 0.3) is 0 Å². The van der Waals surface area contributed by atoms with Crippen molar-refractivity contribution in [3.63, 3.8) is 0 Å². The zero-order valence-electron chi connectivity index (χ0n) is 38.4. The summed E-state index contributed by atoms with van der Waals surface area (Å²) < 4.78 is 13.7. The van der Waals surface area contributed by atoms with Gasteiger partial charge in [-0.25, -0.2) is 9.78 Å². The summed E-state index contributed by atoms with van der Waals surface area (Å²) in [5.74, 6) is -0.535. The minimum Gasteiger partial charge on any atom is -0.494 e. The summed E-state index contributed by atoms with van der Waals surface area (Å²) in [6, 6.07) is 22.0. The Labute approximate surface area is 381 Å². The average Bonchev–Trinajstić information content (AvgIpc) is 3.96. The number of carbonyl (C=O) groups excluding carboxylic acids is 4. The van der Waals surface area contributed by atoms with Crippen molar-refractivity contribution in [2.75, 3.05) is 19.8 Å². The van der Waals surface area contributed by atoms with Crippen LogP contribution < -0.4 is 15.4 Å². The number of aryl methyl sites for hydroxylation is 1. The molecule has 5 aromatic rings. The number of esters is 1. The Hall–Kier alpha value is -5.53. The van der Waals surface area contributed by atoms with Gasteiger partial charge in [-0.15, -0.1) is 11.3 Å². The fraction of sp³-hybridized carbons (Fsp3) is 0.471. The Balaban J connectivity index is 0.932. The molecule has 0 radical (unpaired) electrons. The Bertz CT molecular complexity index is 2370. The lowest BCUT2D eigenvalue weighted by atomic mass is 9.85. The molecular formula is C51H65N5O7S. The molecule has 1 fully saturated rings. The molecule has 0 saturated carbocycles. The Morgan fingerprint density at radius 3 is 2.30 bits per heavy atom. The number of aliphatic hydroxyl groups excluding tert-OH is 1. The Kier molecular flexibility index (Phi) is 16.4. The van der Waals surface area contributed by atoms with E-state index in [1.54, 1.807) is 11.3 Å². The summed E-state index contributed by atoms with van der Waals surface area (Å²) in [7, 11) is 0. The van der Waals surface area contributed by atoms with Gasteiger partial charge in [-0.05, 0) is 80.8 Å². The van der Waals surface area contributed by atoms with Crippen LogP contribution in [0, 0.1) is 19.3 Å². The molecule has 3 heterocycles. The monoisotopic (exact) mass is 891 g/mol. The fourth-order valence-corrected chi connectivity index (χ4v) is 9.33. The average molecular weight is 892 g/mol. The van der Waals surface area contributed by atoms with E-state index in [1.165, 1.54) is 4.90 Å². The third-order valence-electron chi connectivity index (χ3n) is 12.1. The number of hydrogen-bond donors (Lipinski definition) is 3. The van der Waals surface area contributed by atoms with Crippen molar-refractivity contribution in [3.05, 3.63) is 106 Å². The maximum Gasteiger partial charge on any atom is 0.340 e. The second-order valence-electron chi connectivity index (χ2n) is 18.0. The maximum atomic E-state index is 14.1. The molecule has 12 nitrogen and oxygen atoms in total. The van der Waals surface area contributed by atoms with Crippen LogP contribution in [-0.4, -0.2) is 81.2 Å². The molecule has 3 amide bonds. The highest BCUT2D eigenvalue weighted by atomic mass is 32.1. The van der Waals surface area contributed by atoms with Gasteiger partial charge in [-0.2, -0.15) is 0 Å². The van der Waals surface area contributed by atoms with Crippen molar-refractivity contribution < 1.29 is 33.8 Å². The van der Waals surface area contributed by atoms with Crippen LogP contribution in [-0.2, 0) is 25.7 Å². The molecule has 2 aromatic heterocycles. The zero-order valence-corrected chi connectivity index (χ0v) is 39.3. The number of fused-ring (bicyclic) bond motifs is 1. The van der Waals surface area contributed by atoms with Gasteiger partial charge in [0.1, 0.15) is 17.8 Å². The highest BCUT2D eigenvalue weighted by Crippen LogP contribution is 2.32. The summed E-state index contributed by atoms with van der Waals surface area (Å²) >= 11 is 1.58. The summed E-state index contributed by atoms with van der Waals surface area (Å²) in [5, 5.41) is 17.5. The first-order valence-corrected chi connectivity index (χ1v) is 23.6. The molecule has 64 heavy (non-hydrogen) atoms. The number of carbonyl (C=O) groups is 4.